The zero-order chi connectivity index (χ0) is 14.3. The number of aryl methyl sites for hydroxylation is 1. The Hall–Kier alpha value is -2.44. The first kappa shape index (κ1) is 12.6. The number of nitrogens with zero attached hydrogens (tertiary/aromatic N) is 3. The van der Waals surface area contributed by atoms with Crippen molar-refractivity contribution in [2.45, 2.75) is 32.7 Å². The van der Waals surface area contributed by atoms with Crippen molar-refractivity contribution in [3.63, 3.8) is 0 Å². The second-order valence-electron chi connectivity index (χ2n) is 5.01. The van der Waals surface area contributed by atoms with Crippen molar-refractivity contribution >= 4 is 5.91 Å². The number of aromatic nitrogens is 4. The number of nitrogens with one attached hydrogen (secondary N) is 2. The van der Waals surface area contributed by atoms with Gasteiger partial charge in [-0.3, -0.25) is 14.6 Å². The monoisotopic (exact) mass is 273 g/mol. The standard InChI is InChI=1S/C13H15N5O2/c1-7-5-11(19)17-13(15-7)18-8(2)10(6-14-18)12(20)16-9-3-4-9/h5-6,9H,3-4H2,1-2H3,(H,16,20)(H,15,17,19). The Labute approximate surface area is 115 Å². The van der Waals surface area contributed by atoms with Crippen LogP contribution in [-0.4, -0.2) is 31.7 Å². The summed E-state index contributed by atoms with van der Waals surface area (Å²) in [6.07, 6.45) is 3.56. The Morgan fingerprint density at radius 2 is 2.20 bits per heavy atom. The first-order valence-electron chi connectivity index (χ1n) is 6.48. The second kappa shape index (κ2) is 4.59. The van der Waals surface area contributed by atoms with Gasteiger partial charge in [-0.2, -0.15) is 5.10 Å². The maximum Gasteiger partial charge on any atom is 0.254 e. The van der Waals surface area contributed by atoms with Crippen LogP contribution in [0.3, 0.4) is 0 Å². The van der Waals surface area contributed by atoms with Crippen molar-refractivity contribution in [3.05, 3.63) is 39.6 Å². The van der Waals surface area contributed by atoms with Crippen LogP contribution in [0.4, 0.5) is 0 Å². The lowest BCUT2D eigenvalue weighted by Gasteiger charge is -2.05. The number of carbonyl (C=O) groups excluding carboxylic acids is 1. The SMILES string of the molecule is Cc1cc(=O)[nH]c(-n2ncc(C(=O)NC3CC3)c2C)n1. The van der Waals surface area contributed by atoms with Gasteiger partial charge in [0.1, 0.15) is 0 Å². The molecule has 2 heterocycles. The molecular weight excluding hydrogens is 258 g/mol. The summed E-state index contributed by atoms with van der Waals surface area (Å²) in [4.78, 5) is 30.3. The minimum atomic E-state index is -0.244. The minimum absolute atomic E-state index is 0.133. The molecule has 20 heavy (non-hydrogen) atoms. The van der Waals surface area contributed by atoms with Crippen LogP contribution in [0.1, 0.15) is 34.6 Å². The van der Waals surface area contributed by atoms with Crippen LogP contribution in [0.2, 0.25) is 0 Å². The van der Waals surface area contributed by atoms with E-state index in [1.165, 1.54) is 16.9 Å². The molecule has 1 fully saturated rings. The van der Waals surface area contributed by atoms with Crippen molar-refractivity contribution in [3.8, 4) is 5.95 Å². The lowest BCUT2D eigenvalue weighted by molar-refractivity contribution is 0.0950. The van der Waals surface area contributed by atoms with Crippen molar-refractivity contribution in [1.29, 1.82) is 0 Å². The van der Waals surface area contributed by atoms with Crippen molar-refractivity contribution in [2.75, 3.05) is 0 Å². The van der Waals surface area contributed by atoms with Gasteiger partial charge in [0.25, 0.3) is 11.5 Å². The van der Waals surface area contributed by atoms with Crippen molar-refractivity contribution in [2.24, 2.45) is 0 Å². The molecule has 0 spiro atoms. The van der Waals surface area contributed by atoms with E-state index in [-0.39, 0.29) is 11.5 Å². The third kappa shape index (κ3) is 2.34. The van der Waals surface area contributed by atoms with E-state index in [0.29, 0.717) is 28.9 Å². The highest BCUT2D eigenvalue weighted by atomic mass is 16.2. The Balaban J connectivity index is 1.96. The predicted octanol–water partition coefficient (Wildman–Crippen LogP) is 0.465. The maximum absolute atomic E-state index is 12.0. The highest BCUT2D eigenvalue weighted by molar-refractivity contribution is 5.95. The Kier molecular flexibility index (Phi) is 2.89. The van der Waals surface area contributed by atoms with Gasteiger partial charge in [-0.1, -0.05) is 0 Å². The molecule has 3 rings (SSSR count). The molecule has 1 saturated carbocycles. The molecule has 0 saturated heterocycles. The molecule has 7 nitrogen and oxygen atoms in total. The van der Waals surface area contributed by atoms with E-state index in [9.17, 15) is 9.59 Å². The van der Waals surface area contributed by atoms with Gasteiger partial charge in [0, 0.05) is 17.8 Å². The fourth-order valence-electron chi connectivity index (χ4n) is 2.00. The van der Waals surface area contributed by atoms with Gasteiger partial charge < -0.3 is 5.32 Å². The number of hydrogen-bond acceptors (Lipinski definition) is 4. The molecule has 0 aromatic carbocycles. The summed E-state index contributed by atoms with van der Waals surface area (Å²) in [5.74, 6) is 0.184. The maximum atomic E-state index is 12.0. The van der Waals surface area contributed by atoms with Gasteiger partial charge in [-0.05, 0) is 26.7 Å². The molecular formula is C13H15N5O2. The average molecular weight is 273 g/mol. The molecule has 0 bridgehead atoms. The van der Waals surface area contributed by atoms with E-state index in [0.717, 1.165) is 12.8 Å². The number of hydrogen-bond donors (Lipinski definition) is 2. The van der Waals surface area contributed by atoms with Crippen molar-refractivity contribution < 1.29 is 4.79 Å². The smallest absolute Gasteiger partial charge is 0.254 e. The number of carbonyl (C=O) groups is 1. The molecule has 0 radical (unpaired) electrons. The van der Waals surface area contributed by atoms with E-state index in [4.69, 9.17) is 0 Å². The lowest BCUT2D eigenvalue weighted by Crippen LogP contribution is -2.25. The molecule has 2 aromatic heterocycles. The van der Waals surface area contributed by atoms with Crippen LogP contribution < -0.4 is 10.9 Å². The molecule has 1 aliphatic rings. The zero-order valence-electron chi connectivity index (χ0n) is 11.3. The largest absolute Gasteiger partial charge is 0.349 e. The van der Waals surface area contributed by atoms with Gasteiger partial charge in [0.05, 0.1) is 17.5 Å². The topological polar surface area (TPSA) is 92.7 Å². The van der Waals surface area contributed by atoms with Crippen LogP contribution in [-0.2, 0) is 0 Å². The minimum Gasteiger partial charge on any atom is -0.349 e. The molecule has 7 heteroatoms. The van der Waals surface area contributed by atoms with Crippen LogP contribution in [0, 0.1) is 13.8 Å². The summed E-state index contributed by atoms with van der Waals surface area (Å²) < 4.78 is 1.47. The summed E-state index contributed by atoms with van der Waals surface area (Å²) in [7, 11) is 0. The molecule has 0 unspecified atom stereocenters. The van der Waals surface area contributed by atoms with E-state index >= 15 is 0 Å². The van der Waals surface area contributed by atoms with Gasteiger partial charge in [0.15, 0.2) is 0 Å². The molecule has 2 N–H and O–H groups in total. The molecule has 0 aliphatic heterocycles. The normalized spacial score (nSPS) is 14.3. The summed E-state index contributed by atoms with van der Waals surface area (Å²) in [6.45, 7) is 3.51. The Bertz CT molecular complexity index is 727. The highest BCUT2D eigenvalue weighted by Gasteiger charge is 2.25. The number of rotatable bonds is 3. The summed E-state index contributed by atoms with van der Waals surface area (Å²) in [5, 5.41) is 7.05. The Morgan fingerprint density at radius 1 is 1.45 bits per heavy atom. The van der Waals surface area contributed by atoms with Crippen LogP contribution in [0.15, 0.2) is 17.1 Å². The second-order valence-corrected chi connectivity index (χ2v) is 5.01. The van der Waals surface area contributed by atoms with Gasteiger partial charge >= 0.3 is 0 Å². The Morgan fingerprint density at radius 3 is 2.85 bits per heavy atom. The van der Waals surface area contributed by atoms with E-state index in [2.05, 4.69) is 20.4 Å². The summed E-state index contributed by atoms with van der Waals surface area (Å²) in [5.41, 5.74) is 1.51. The first-order chi connectivity index (χ1) is 9.54. The molecule has 1 aliphatic carbocycles. The number of amides is 1. The van der Waals surface area contributed by atoms with E-state index in [1.807, 2.05) is 0 Å². The van der Waals surface area contributed by atoms with Crippen LogP contribution >= 0.6 is 0 Å². The fourth-order valence-corrected chi connectivity index (χ4v) is 2.00. The van der Waals surface area contributed by atoms with Gasteiger partial charge in [0.2, 0.25) is 5.95 Å². The quantitative estimate of drug-likeness (QED) is 0.850. The van der Waals surface area contributed by atoms with Crippen molar-refractivity contribution in [1.82, 2.24) is 25.1 Å². The third-order valence-electron chi connectivity index (χ3n) is 3.22. The summed E-state index contributed by atoms with van der Waals surface area (Å²) in [6, 6.07) is 1.70. The van der Waals surface area contributed by atoms with E-state index in [1.54, 1.807) is 13.8 Å². The zero-order valence-corrected chi connectivity index (χ0v) is 11.3. The van der Waals surface area contributed by atoms with Gasteiger partial charge in [-0.25, -0.2) is 9.67 Å². The first-order valence-corrected chi connectivity index (χ1v) is 6.48. The van der Waals surface area contributed by atoms with Gasteiger partial charge in [-0.15, -0.1) is 0 Å². The molecule has 1 amide bonds. The van der Waals surface area contributed by atoms with Crippen LogP contribution in [0.25, 0.3) is 5.95 Å². The fraction of sp³-hybridized carbons (Fsp3) is 0.385. The summed E-state index contributed by atoms with van der Waals surface area (Å²) >= 11 is 0. The average Bonchev–Trinajstić information content (AvgIpc) is 3.08. The predicted molar refractivity (Wildman–Crippen MR) is 71.9 cm³/mol. The number of H-pyrrole nitrogens is 1. The molecule has 2 aromatic rings. The van der Waals surface area contributed by atoms with Crippen LogP contribution in [0.5, 0.6) is 0 Å². The molecule has 0 atom stereocenters. The van der Waals surface area contributed by atoms with E-state index < -0.39 is 0 Å². The lowest BCUT2D eigenvalue weighted by atomic mass is 10.2. The third-order valence-corrected chi connectivity index (χ3v) is 3.22. The number of aromatic amines is 1. The highest BCUT2D eigenvalue weighted by Crippen LogP contribution is 2.20. The molecule has 104 valence electrons.